The Morgan fingerprint density at radius 2 is 0.932 bits per heavy atom. The predicted molar refractivity (Wildman–Crippen MR) is 179 cm³/mol. The maximum atomic E-state index is 13.8. The topological polar surface area (TPSA) is 59.1 Å². The van der Waals surface area contributed by atoms with Gasteiger partial charge in [-0.2, -0.15) is 0 Å². The van der Waals surface area contributed by atoms with Gasteiger partial charge in [-0.25, -0.2) is 0 Å². The van der Waals surface area contributed by atoms with E-state index in [1.54, 1.807) is 0 Å². The van der Waals surface area contributed by atoms with E-state index in [0.29, 0.717) is 13.2 Å². The number of nitrogens with zero attached hydrogens (tertiary/aromatic N) is 2. The molecule has 2 aromatic carbocycles. The SMILES string of the molecule is CCCCOc1ccc(C(=O)[C@H](CCCC[C@@H](C(=O)c2ccc(OCCCC)cc2)N2CCCCC2)N2CCCCC2)cc1. The Hall–Kier alpha value is -2.70. The molecular formula is C38H56N2O4. The van der Waals surface area contributed by atoms with Crippen LogP contribution in [0, 0.1) is 0 Å². The van der Waals surface area contributed by atoms with Crippen molar-refractivity contribution in [3.05, 3.63) is 59.7 Å². The van der Waals surface area contributed by atoms with Crippen LogP contribution < -0.4 is 9.47 Å². The Bertz CT molecular complexity index is 1020. The first-order valence-electron chi connectivity index (χ1n) is 17.6. The van der Waals surface area contributed by atoms with Crippen LogP contribution in [0.1, 0.15) is 124 Å². The molecule has 44 heavy (non-hydrogen) atoms. The van der Waals surface area contributed by atoms with E-state index in [1.165, 1.54) is 12.8 Å². The lowest BCUT2D eigenvalue weighted by atomic mass is 9.92. The highest BCUT2D eigenvalue weighted by Gasteiger charge is 2.30. The molecule has 2 aromatic rings. The molecule has 0 amide bonds. The van der Waals surface area contributed by atoms with E-state index in [4.69, 9.17) is 9.47 Å². The lowest BCUT2D eigenvalue weighted by molar-refractivity contribution is 0.0733. The number of rotatable bonds is 19. The van der Waals surface area contributed by atoms with Gasteiger partial charge in [-0.05, 0) is 126 Å². The van der Waals surface area contributed by atoms with Crippen molar-refractivity contribution in [3.63, 3.8) is 0 Å². The number of carbonyl (C=O) groups is 2. The minimum absolute atomic E-state index is 0.105. The predicted octanol–water partition coefficient (Wildman–Crippen LogP) is 8.38. The zero-order chi connectivity index (χ0) is 31.0. The number of benzene rings is 2. The summed E-state index contributed by atoms with van der Waals surface area (Å²) >= 11 is 0. The summed E-state index contributed by atoms with van der Waals surface area (Å²) in [4.78, 5) is 32.5. The molecule has 2 saturated heterocycles. The van der Waals surface area contributed by atoms with Gasteiger partial charge in [0.2, 0.25) is 0 Å². The first kappa shape index (κ1) is 34.2. The van der Waals surface area contributed by atoms with Crippen molar-refractivity contribution >= 4 is 11.6 Å². The molecule has 2 heterocycles. The van der Waals surface area contributed by atoms with Crippen LogP contribution in [0.4, 0.5) is 0 Å². The molecule has 4 rings (SSSR count). The Morgan fingerprint density at radius 3 is 1.27 bits per heavy atom. The Labute approximate surface area is 266 Å². The number of piperidine rings is 2. The van der Waals surface area contributed by atoms with Crippen molar-refractivity contribution in [1.82, 2.24) is 9.80 Å². The molecule has 0 radical (unpaired) electrons. The molecule has 0 unspecified atom stereocenters. The number of hydrogen-bond acceptors (Lipinski definition) is 6. The van der Waals surface area contributed by atoms with E-state index in [-0.39, 0.29) is 23.7 Å². The largest absolute Gasteiger partial charge is 0.494 e. The van der Waals surface area contributed by atoms with Crippen molar-refractivity contribution in [2.45, 2.75) is 116 Å². The average Bonchev–Trinajstić information content (AvgIpc) is 3.07. The summed E-state index contributed by atoms with van der Waals surface area (Å²) in [5.74, 6) is 2.10. The molecule has 6 heteroatoms. The third-order valence-corrected chi connectivity index (χ3v) is 9.28. The fraction of sp³-hybridized carbons (Fsp3) is 0.632. The normalized spacial score (nSPS) is 17.6. The van der Waals surface area contributed by atoms with Gasteiger partial charge in [-0.3, -0.25) is 19.4 Å². The van der Waals surface area contributed by atoms with Crippen LogP contribution in [-0.2, 0) is 0 Å². The number of Topliss-reactive ketones (excluding diaryl/α,β-unsaturated/α-hetero) is 2. The molecule has 2 atom stereocenters. The van der Waals surface area contributed by atoms with Crippen LogP contribution in [0.3, 0.4) is 0 Å². The smallest absolute Gasteiger partial charge is 0.179 e. The fourth-order valence-electron chi connectivity index (χ4n) is 6.58. The zero-order valence-corrected chi connectivity index (χ0v) is 27.4. The van der Waals surface area contributed by atoms with Crippen LogP contribution in [0.2, 0.25) is 0 Å². The van der Waals surface area contributed by atoms with Crippen LogP contribution in [0.5, 0.6) is 11.5 Å². The maximum Gasteiger partial charge on any atom is 0.179 e. The second-order valence-corrected chi connectivity index (χ2v) is 12.7. The van der Waals surface area contributed by atoms with Crippen LogP contribution >= 0.6 is 0 Å². The van der Waals surface area contributed by atoms with Crippen molar-refractivity contribution in [3.8, 4) is 11.5 Å². The lowest BCUT2D eigenvalue weighted by Crippen LogP contribution is -2.45. The van der Waals surface area contributed by atoms with E-state index < -0.39 is 0 Å². The van der Waals surface area contributed by atoms with Gasteiger partial charge in [0.05, 0.1) is 25.3 Å². The highest BCUT2D eigenvalue weighted by Crippen LogP contribution is 2.25. The highest BCUT2D eigenvalue weighted by molar-refractivity contribution is 6.00. The lowest BCUT2D eigenvalue weighted by Gasteiger charge is -2.35. The summed E-state index contributed by atoms with van der Waals surface area (Å²) in [7, 11) is 0. The molecule has 0 spiro atoms. The van der Waals surface area contributed by atoms with E-state index in [2.05, 4.69) is 23.6 Å². The molecule has 0 saturated carbocycles. The monoisotopic (exact) mass is 604 g/mol. The second kappa shape index (κ2) is 19.0. The van der Waals surface area contributed by atoms with Gasteiger partial charge in [-0.15, -0.1) is 0 Å². The molecule has 0 N–H and O–H groups in total. The average molecular weight is 605 g/mol. The maximum absolute atomic E-state index is 13.8. The zero-order valence-electron chi connectivity index (χ0n) is 27.4. The molecule has 242 valence electrons. The fourth-order valence-corrected chi connectivity index (χ4v) is 6.58. The number of ether oxygens (including phenoxy) is 2. The molecule has 0 bridgehead atoms. The number of ketones is 2. The minimum atomic E-state index is -0.105. The standard InChI is InChI=1S/C38H56N2O4/c1-3-5-29-43-33-21-17-31(18-22-33)37(41)35(39-25-11-7-12-26-39)15-9-10-16-36(40-27-13-8-14-28-40)38(42)32-19-23-34(24-20-32)44-30-6-4-2/h17-24,35-36H,3-16,25-30H2,1-2H3/t35-,36-/m0/s1. The molecule has 6 nitrogen and oxygen atoms in total. The summed E-state index contributed by atoms with van der Waals surface area (Å²) in [5, 5.41) is 0. The van der Waals surface area contributed by atoms with Crippen molar-refractivity contribution in [2.75, 3.05) is 39.4 Å². The summed E-state index contributed by atoms with van der Waals surface area (Å²) in [6.07, 6.45) is 14.9. The van der Waals surface area contributed by atoms with E-state index in [9.17, 15) is 9.59 Å². The quantitative estimate of drug-likeness (QED) is 0.119. The van der Waals surface area contributed by atoms with Crippen molar-refractivity contribution in [2.24, 2.45) is 0 Å². The Kier molecular flexibility index (Phi) is 14.7. The third-order valence-electron chi connectivity index (χ3n) is 9.28. The van der Waals surface area contributed by atoms with E-state index in [1.807, 2.05) is 48.5 Å². The minimum Gasteiger partial charge on any atom is -0.494 e. The first-order chi connectivity index (χ1) is 21.6. The number of hydrogen-bond donors (Lipinski definition) is 0. The molecule has 2 aliphatic heterocycles. The summed E-state index contributed by atoms with van der Waals surface area (Å²) in [5.41, 5.74) is 1.54. The highest BCUT2D eigenvalue weighted by atomic mass is 16.5. The molecule has 0 aliphatic carbocycles. The molecule has 2 aliphatic rings. The van der Waals surface area contributed by atoms with Crippen molar-refractivity contribution in [1.29, 1.82) is 0 Å². The summed E-state index contributed by atoms with van der Waals surface area (Å²) in [6.45, 7) is 9.68. The van der Waals surface area contributed by atoms with E-state index >= 15 is 0 Å². The molecule has 0 aromatic heterocycles. The van der Waals surface area contributed by atoms with Gasteiger partial charge in [0.15, 0.2) is 11.6 Å². The number of carbonyl (C=O) groups excluding carboxylic acids is 2. The number of unbranched alkanes of at least 4 members (excludes halogenated alkanes) is 3. The first-order valence-corrected chi connectivity index (χ1v) is 17.6. The van der Waals surface area contributed by atoms with Crippen molar-refractivity contribution < 1.29 is 19.1 Å². The van der Waals surface area contributed by atoms with Crippen LogP contribution in [0.15, 0.2) is 48.5 Å². The van der Waals surface area contributed by atoms with Crippen LogP contribution in [0.25, 0.3) is 0 Å². The number of likely N-dealkylation sites (tertiary alicyclic amines) is 2. The molecule has 2 fully saturated rings. The van der Waals surface area contributed by atoms with Gasteiger partial charge in [0, 0.05) is 11.1 Å². The Balaban J connectivity index is 1.38. The summed E-state index contributed by atoms with van der Waals surface area (Å²) < 4.78 is 11.7. The van der Waals surface area contributed by atoms with Gasteiger partial charge in [-0.1, -0.05) is 52.4 Å². The molecular weight excluding hydrogens is 548 g/mol. The third kappa shape index (κ3) is 10.4. The second-order valence-electron chi connectivity index (χ2n) is 12.7. The van der Waals surface area contributed by atoms with Gasteiger partial charge in [0.25, 0.3) is 0 Å². The van der Waals surface area contributed by atoms with Gasteiger partial charge < -0.3 is 9.47 Å². The van der Waals surface area contributed by atoms with Gasteiger partial charge in [0.1, 0.15) is 11.5 Å². The van der Waals surface area contributed by atoms with Crippen LogP contribution in [-0.4, -0.2) is 72.8 Å². The summed E-state index contributed by atoms with van der Waals surface area (Å²) in [6, 6.07) is 15.3. The van der Waals surface area contributed by atoms with Gasteiger partial charge >= 0.3 is 0 Å². The van der Waals surface area contributed by atoms with E-state index in [0.717, 1.165) is 126 Å². The Morgan fingerprint density at radius 1 is 0.568 bits per heavy atom.